The Morgan fingerprint density at radius 2 is 2.00 bits per heavy atom. The van der Waals surface area contributed by atoms with Crippen molar-refractivity contribution in [2.45, 2.75) is 25.9 Å². The first kappa shape index (κ1) is 26.2. The van der Waals surface area contributed by atoms with Crippen LogP contribution in [0.25, 0.3) is 5.70 Å². The van der Waals surface area contributed by atoms with Crippen LogP contribution in [0, 0.1) is 6.92 Å². The van der Waals surface area contributed by atoms with Gasteiger partial charge in [-0.15, -0.1) is 22.7 Å². The molecule has 0 aliphatic carbocycles. The summed E-state index contributed by atoms with van der Waals surface area (Å²) < 4.78 is 0. The second-order valence-electron chi connectivity index (χ2n) is 8.27. The van der Waals surface area contributed by atoms with Gasteiger partial charge in [0.1, 0.15) is 6.04 Å². The highest BCUT2D eigenvalue weighted by atomic mass is 35.5. The van der Waals surface area contributed by atoms with Crippen LogP contribution >= 0.6 is 45.9 Å². The standard InChI is InChI=1S/C25H23Cl2N3O4S2/c1-13-5-6-20(36-13)24(32)30-8-7-16-15(12-30)10-17(26)21(22(16)27)14(2)29-18(25(33)34)11-28-23(31)19-4-3-9-35-19/h3-6,9-10,18,29H,2,7-8,11-12H2,1H3,(H,28,31)(H,33,34). The number of thiophene rings is 2. The van der Waals surface area contributed by atoms with Gasteiger partial charge in [0, 0.05) is 35.8 Å². The fraction of sp³-hybridized carbons (Fsp3) is 0.240. The molecule has 188 valence electrons. The summed E-state index contributed by atoms with van der Waals surface area (Å²) in [5.41, 5.74) is 2.33. The van der Waals surface area contributed by atoms with Crippen molar-refractivity contribution in [3.05, 3.63) is 83.7 Å². The molecule has 1 unspecified atom stereocenters. The lowest BCUT2D eigenvalue weighted by Gasteiger charge is -2.30. The Bertz CT molecular complexity index is 1340. The minimum absolute atomic E-state index is 0.0324. The molecule has 0 fully saturated rings. The molecule has 0 saturated carbocycles. The van der Waals surface area contributed by atoms with Gasteiger partial charge in [-0.25, -0.2) is 4.79 Å². The van der Waals surface area contributed by atoms with E-state index in [-0.39, 0.29) is 24.1 Å². The quantitative estimate of drug-likeness (QED) is 0.355. The highest BCUT2D eigenvalue weighted by Gasteiger charge is 2.28. The first-order valence-corrected chi connectivity index (χ1v) is 13.5. The van der Waals surface area contributed by atoms with E-state index in [2.05, 4.69) is 17.2 Å². The highest BCUT2D eigenvalue weighted by molar-refractivity contribution is 7.14. The lowest BCUT2D eigenvalue weighted by Crippen LogP contribution is -2.45. The summed E-state index contributed by atoms with van der Waals surface area (Å²) in [6, 6.07) is 7.76. The minimum atomic E-state index is -1.16. The number of aryl methyl sites for hydroxylation is 1. The topological polar surface area (TPSA) is 98.7 Å². The van der Waals surface area contributed by atoms with Gasteiger partial charge in [0.2, 0.25) is 0 Å². The first-order valence-electron chi connectivity index (χ1n) is 11.0. The number of hydrogen-bond acceptors (Lipinski definition) is 6. The van der Waals surface area contributed by atoms with Crippen LogP contribution < -0.4 is 10.6 Å². The predicted molar refractivity (Wildman–Crippen MR) is 144 cm³/mol. The number of nitrogens with zero attached hydrogens (tertiary/aromatic N) is 1. The van der Waals surface area contributed by atoms with Gasteiger partial charge in [-0.3, -0.25) is 9.59 Å². The van der Waals surface area contributed by atoms with E-state index in [1.165, 1.54) is 22.7 Å². The Kier molecular flexibility index (Phi) is 8.04. The zero-order chi connectivity index (χ0) is 26.0. The molecule has 0 spiro atoms. The average Bonchev–Trinajstić information content (AvgIpc) is 3.52. The van der Waals surface area contributed by atoms with Gasteiger partial charge in [-0.1, -0.05) is 35.8 Å². The molecule has 3 aromatic rings. The van der Waals surface area contributed by atoms with Crippen LogP contribution in [0.3, 0.4) is 0 Å². The summed E-state index contributed by atoms with van der Waals surface area (Å²) in [7, 11) is 0. The van der Waals surface area contributed by atoms with Crippen molar-refractivity contribution in [3.8, 4) is 0 Å². The smallest absolute Gasteiger partial charge is 0.327 e. The molecule has 3 N–H and O–H groups in total. The number of carboxylic acid groups (broad SMARTS) is 1. The maximum atomic E-state index is 12.9. The number of carboxylic acids is 1. The largest absolute Gasteiger partial charge is 0.480 e. The van der Waals surface area contributed by atoms with Crippen molar-refractivity contribution >= 4 is 69.4 Å². The Hall–Kier alpha value is -2.85. The number of amides is 2. The summed E-state index contributed by atoms with van der Waals surface area (Å²) in [4.78, 5) is 41.0. The molecule has 0 radical (unpaired) electrons. The van der Waals surface area contributed by atoms with Gasteiger partial charge in [-0.05, 0) is 54.1 Å². The van der Waals surface area contributed by atoms with Crippen LogP contribution in [0.5, 0.6) is 0 Å². The van der Waals surface area contributed by atoms with Crippen LogP contribution in [0.1, 0.15) is 40.9 Å². The van der Waals surface area contributed by atoms with E-state index < -0.39 is 12.0 Å². The zero-order valence-corrected chi connectivity index (χ0v) is 22.4. The van der Waals surface area contributed by atoms with E-state index in [4.69, 9.17) is 23.2 Å². The summed E-state index contributed by atoms with van der Waals surface area (Å²) in [5, 5.41) is 17.6. The molecule has 0 saturated heterocycles. The van der Waals surface area contributed by atoms with Crippen molar-refractivity contribution in [1.29, 1.82) is 0 Å². The highest BCUT2D eigenvalue weighted by Crippen LogP contribution is 2.37. The maximum absolute atomic E-state index is 12.9. The summed E-state index contributed by atoms with van der Waals surface area (Å²) in [6.45, 7) is 6.63. The molecule has 3 heterocycles. The number of aliphatic carboxylic acids is 1. The molecule has 2 aromatic heterocycles. The molecule has 1 aliphatic rings. The van der Waals surface area contributed by atoms with Gasteiger partial charge in [0.25, 0.3) is 11.8 Å². The Morgan fingerprint density at radius 1 is 1.22 bits per heavy atom. The van der Waals surface area contributed by atoms with Crippen LogP contribution in [-0.4, -0.2) is 46.9 Å². The Morgan fingerprint density at radius 3 is 2.64 bits per heavy atom. The minimum Gasteiger partial charge on any atom is -0.480 e. The molecule has 1 aliphatic heterocycles. The van der Waals surface area contributed by atoms with Crippen molar-refractivity contribution in [2.75, 3.05) is 13.1 Å². The van der Waals surface area contributed by atoms with Crippen LogP contribution in [0.4, 0.5) is 0 Å². The number of rotatable bonds is 8. The van der Waals surface area contributed by atoms with Crippen molar-refractivity contribution in [2.24, 2.45) is 0 Å². The number of halogens is 2. The third-order valence-corrected chi connectivity index (χ3v) is 8.38. The first-order chi connectivity index (χ1) is 17.2. The van der Waals surface area contributed by atoms with Crippen LogP contribution in [0.2, 0.25) is 10.0 Å². The number of carbonyl (C=O) groups excluding carboxylic acids is 2. The number of carbonyl (C=O) groups is 3. The van der Waals surface area contributed by atoms with E-state index in [0.29, 0.717) is 44.9 Å². The SMILES string of the molecule is C=C(NC(CNC(=O)c1cccs1)C(=O)O)c1c(Cl)cc2c(c1Cl)CCN(C(=O)c1ccc(C)s1)C2. The lowest BCUT2D eigenvalue weighted by molar-refractivity contribution is -0.138. The number of benzene rings is 1. The predicted octanol–water partition coefficient (Wildman–Crippen LogP) is 5.07. The second-order valence-corrected chi connectivity index (χ2v) is 11.3. The summed E-state index contributed by atoms with van der Waals surface area (Å²) in [6.07, 6.45) is 0.529. The molecular weight excluding hydrogens is 541 g/mol. The number of fused-ring (bicyclic) bond motifs is 1. The van der Waals surface area contributed by atoms with Crippen molar-refractivity contribution in [3.63, 3.8) is 0 Å². The summed E-state index contributed by atoms with van der Waals surface area (Å²) >= 11 is 16.0. The van der Waals surface area contributed by atoms with Crippen LogP contribution in [-0.2, 0) is 17.8 Å². The molecule has 1 aromatic carbocycles. The Balaban J connectivity index is 1.48. The molecule has 11 heteroatoms. The Labute approximate surface area is 226 Å². The maximum Gasteiger partial charge on any atom is 0.327 e. The molecule has 0 bridgehead atoms. The lowest BCUT2D eigenvalue weighted by atomic mass is 9.95. The van der Waals surface area contributed by atoms with Gasteiger partial charge >= 0.3 is 5.97 Å². The van der Waals surface area contributed by atoms with Gasteiger partial charge in [-0.2, -0.15) is 0 Å². The van der Waals surface area contributed by atoms with E-state index in [1.807, 2.05) is 19.1 Å². The fourth-order valence-electron chi connectivity index (χ4n) is 3.98. The van der Waals surface area contributed by atoms with E-state index in [0.717, 1.165) is 16.0 Å². The summed E-state index contributed by atoms with van der Waals surface area (Å²) in [5.74, 6) is -1.55. The van der Waals surface area contributed by atoms with E-state index >= 15 is 0 Å². The molecule has 36 heavy (non-hydrogen) atoms. The van der Waals surface area contributed by atoms with Gasteiger partial charge < -0.3 is 20.6 Å². The normalized spacial score (nSPS) is 13.6. The fourth-order valence-corrected chi connectivity index (χ4v) is 6.28. The van der Waals surface area contributed by atoms with Crippen molar-refractivity contribution in [1.82, 2.24) is 15.5 Å². The number of nitrogens with one attached hydrogen (secondary N) is 2. The monoisotopic (exact) mass is 563 g/mol. The number of hydrogen-bond donors (Lipinski definition) is 3. The second kappa shape index (κ2) is 11.0. The van der Waals surface area contributed by atoms with Crippen LogP contribution in [0.15, 0.2) is 42.3 Å². The van der Waals surface area contributed by atoms with E-state index in [1.54, 1.807) is 28.5 Å². The zero-order valence-electron chi connectivity index (χ0n) is 19.3. The molecule has 7 nitrogen and oxygen atoms in total. The molecular formula is C25H23Cl2N3O4S2. The molecule has 2 amide bonds. The van der Waals surface area contributed by atoms with Crippen molar-refractivity contribution < 1.29 is 19.5 Å². The molecule has 1 atom stereocenters. The van der Waals surface area contributed by atoms with E-state index in [9.17, 15) is 19.5 Å². The van der Waals surface area contributed by atoms with Gasteiger partial charge in [0.05, 0.1) is 19.8 Å². The third-order valence-electron chi connectivity index (χ3n) is 5.80. The molecule has 4 rings (SSSR count). The third kappa shape index (κ3) is 5.59. The van der Waals surface area contributed by atoms with Gasteiger partial charge in [0.15, 0.2) is 0 Å². The average molecular weight is 565 g/mol.